The van der Waals surface area contributed by atoms with E-state index < -0.39 is 0 Å². The summed E-state index contributed by atoms with van der Waals surface area (Å²) in [5, 5.41) is 0. The SMILES string of the molecule is C[C@@H]1CN(C(=O)[C@@H]2C[C@@H]2c2cccnc2)C[C@H]1N1CCOCC1. The molecule has 1 aromatic heterocycles. The van der Waals surface area contributed by atoms with Gasteiger partial charge in [-0.05, 0) is 29.9 Å². The standard InChI is InChI=1S/C18H25N3O2/c1-13-11-21(12-17(13)20-5-7-23-8-6-20)18(22)16-9-15(16)14-3-2-4-19-10-14/h2-4,10,13,15-17H,5-9,11-12H2,1H3/t13-,15-,16-,17-/m1/s1. The van der Waals surface area contributed by atoms with Crippen molar-refractivity contribution in [3.05, 3.63) is 30.1 Å². The Morgan fingerprint density at radius 1 is 1.30 bits per heavy atom. The first-order valence-corrected chi connectivity index (χ1v) is 8.74. The van der Waals surface area contributed by atoms with E-state index in [1.54, 1.807) is 6.20 Å². The van der Waals surface area contributed by atoms with E-state index in [2.05, 4.69) is 27.8 Å². The normalized spacial score (nSPS) is 34.6. The Kier molecular flexibility index (Phi) is 4.07. The molecule has 1 aromatic rings. The van der Waals surface area contributed by atoms with Gasteiger partial charge in [-0.1, -0.05) is 13.0 Å². The van der Waals surface area contributed by atoms with Gasteiger partial charge in [0.25, 0.3) is 0 Å². The van der Waals surface area contributed by atoms with Crippen molar-refractivity contribution in [3.63, 3.8) is 0 Å². The van der Waals surface area contributed by atoms with Crippen LogP contribution < -0.4 is 0 Å². The summed E-state index contributed by atoms with van der Waals surface area (Å²) in [6.45, 7) is 7.70. The molecule has 124 valence electrons. The highest BCUT2D eigenvalue weighted by atomic mass is 16.5. The smallest absolute Gasteiger partial charge is 0.226 e. The maximum Gasteiger partial charge on any atom is 0.226 e. The molecule has 0 radical (unpaired) electrons. The molecule has 4 atom stereocenters. The average molecular weight is 315 g/mol. The van der Waals surface area contributed by atoms with E-state index in [0.717, 1.165) is 45.8 Å². The van der Waals surface area contributed by atoms with Crippen molar-refractivity contribution in [1.82, 2.24) is 14.8 Å². The lowest BCUT2D eigenvalue weighted by Crippen LogP contribution is -2.47. The predicted molar refractivity (Wildman–Crippen MR) is 87.0 cm³/mol. The van der Waals surface area contributed by atoms with Crippen LogP contribution in [-0.4, -0.2) is 66.1 Å². The Morgan fingerprint density at radius 3 is 2.87 bits per heavy atom. The van der Waals surface area contributed by atoms with E-state index in [4.69, 9.17) is 4.74 Å². The predicted octanol–water partition coefficient (Wildman–Crippen LogP) is 1.36. The number of amides is 1. The summed E-state index contributed by atoms with van der Waals surface area (Å²) in [7, 11) is 0. The monoisotopic (exact) mass is 315 g/mol. The van der Waals surface area contributed by atoms with E-state index in [-0.39, 0.29) is 5.92 Å². The minimum Gasteiger partial charge on any atom is -0.379 e. The topological polar surface area (TPSA) is 45.7 Å². The van der Waals surface area contributed by atoms with Gasteiger partial charge < -0.3 is 9.64 Å². The van der Waals surface area contributed by atoms with Crippen LogP contribution in [0.25, 0.3) is 0 Å². The van der Waals surface area contributed by atoms with Gasteiger partial charge in [0.1, 0.15) is 0 Å². The first-order chi connectivity index (χ1) is 11.2. The Morgan fingerprint density at radius 2 is 2.13 bits per heavy atom. The fourth-order valence-corrected chi connectivity index (χ4v) is 4.18. The molecule has 2 saturated heterocycles. The summed E-state index contributed by atoms with van der Waals surface area (Å²) >= 11 is 0. The van der Waals surface area contributed by atoms with Crippen molar-refractivity contribution in [1.29, 1.82) is 0 Å². The molecule has 1 aliphatic carbocycles. The summed E-state index contributed by atoms with van der Waals surface area (Å²) in [5.74, 6) is 1.46. The number of carbonyl (C=O) groups excluding carboxylic acids is 1. The Bertz CT molecular complexity index is 559. The number of pyridine rings is 1. The number of hydrogen-bond acceptors (Lipinski definition) is 4. The van der Waals surface area contributed by atoms with Crippen LogP contribution in [0.2, 0.25) is 0 Å². The molecule has 0 spiro atoms. The van der Waals surface area contributed by atoms with Crippen LogP contribution in [0.4, 0.5) is 0 Å². The highest BCUT2D eigenvalue weighted by molar-refractivity contribution is 5.83. The number of aromatic nitrogens is 1. The number of rotatable bonds is 3. The van der Waals surface area contributed by atoms with Crippen LogP contribution in [0.1, 0.15) is 24.8 Å². The molecule has 0 aromatic carbocycles. The van der Waals surface area contributed by atoms with Gasteiger partial charge in [0.2, 0.25) is 5.91 Å². The van der Waals surface area contributed by atoms with Crippen LogP contribution in [0.15, 0.2) is 24.5 Å². The molecule has 5 heteroatoms. The average Bonchev–Trinajstić information content (AvgIpc) is 3.31. The summed E-state index contributed by atoms with van der Waals surface area (Å²) < 4.78 is 5.45. The number of likely N-dealkylation sites (tertiary alicyclic amines) is 1. The van der Waals surface area contributed by atoms with Gasteiger partial charge in [-0.25, -0.2) is 0 Å². The maximum absolute atomic E-state index is 12.8. The highest BCUT2D eigenvalue weighted by Crippen LogP contribution is 2.48. The Labute approximate surface area is 137 Å². The lowest BCUT2D eigenvalue weighted by molar-refractivity contribution is -0.131. The molecule has 23 heavy (non-hydrogen) atoms. The largest absolute Gasteiger partial charge is 0.379 e. The number of carbonyl (C=O) groups is 1. The first-order valence-electron chi connectivity index (χ1n) is 8.74. The van der Waals surface area contributed by atoms with Crippen molar-refractivity contribution in [2.45, 2.75) is 25.3 Å². The maximum atomic E-state index is 12.8. The molecule has 0 unspecified atom stereocenters. The molecular formula is C18H25N3O2. The number of morpholine rings is 1. The van der Waals surface area contributed by atoms with Gasteiger partial charge in [-0.3, -0.25) is 14.7 Å². The minimum atomic E-state index is 0.176. The molecule has 0 bridgehead atoms. The van der Waals surface area contributed by atoms with Gasteiger partial charge in [-0.2, -0.15) is 0 Å². The molecule has 3 aliphatic rings. The van der Waals surface area contributed by atoms with E-state index in [9.17, 15) is 4.79 Å². The fourth-order valence-electron chi connectivity index (χ4n) is 4.18. The van der Waals surface area contributed by atoms with E-state index >= 15 is 0 Å². The fraction of sp³-hybridized carbons (Fsp3) is 0.667. The molecule has 1 amide bonds. The third-order valence-electron chi connectivity index (χ3n) is 5.62. The Balaban J connectivity index is 1.37. The van der Waals surface area contributed by atoms with Crippen LogP contribution >= 0.6 is 0 Å². The van der Waals surface area contributed by atoms with Crippen LogP contribution in [0.3, 0.4) is 0 Å². The summed E-state index contributed by atoms with van der Waals surface area (Å²) in [4.78, 5) is 21.6. The molecule has 3 fully saturated rings. The molecular weight excluding hydrogens is 290 g/mol. The third-order valence-corrected chi connectivity index (χ3v) is 5.62. The summed E-state index contributed by atoms with van der Waals surface area (Å²) in [5.41, 5.74) is 1.21. The molecule has 4 rings (SSSR count). The van der Waals surface area contributed by atoms with Crippen molar-refractivity contribution in [2.75, 3.05) is 39.4 Å². The lowest BCUT2D eigenvalue weighted by atomic mass is 10.0. The number of ether oxygens (including phenoxy) is 1. The second-order valence-corrected chi connectivity index (χ2v) is 7.17. The zero-order valence-corrected chi connectivity index (χ0v) is 13.7. The van der Waals surface area contributed by atoms with E-state index in [1.165, 1.54) is 5.56 Å². The van der Waals surface area contributed by atoms with Crippen molar-refractivity contribution in [2.24, 2.45) is 11.8 Å². The van der Waals surface area contributed by atoms with Gasteiger partial charge >= 0.3 is 0 Å². The summed E-state index contributed by atoms with van der Waals surface area (Å²) in [6, 6.07) is 4.55. The number of nitrogens with zero attached hydrogens (tertiary/aromatic N) is 3. The van der Waals surface area contributed by atoms with Crippen molar-refractivity contribution >= 4 is 5.91 Å². The van der Waals surface area contributed by atoms with Gasteiger partial charge in [-0.15, -0.1) is 0 Å². The van der Waals surface area contributed by atoms with Crippen LogP contribution in [0, 0.1) is 11.8 Å². The molecule has 0 N–H and O–H groups in total. The van der Waals surface area contributed by atoms with Gasteiger partial charge in [0.15, 0.2) is 0 Å². The molecule has 5 nitrogen and oxygen atoms in total. The molecule has 2 aliphatic heterocycles. The lowest BCUT2D eigenvalue weighted by Gasteiger charge is -2.34. The molecule has 1 saturated carbocycles. The van der Waals surface area contributed by atoms with Gasteiger partial charge in [0, 0.05) is 50.5 Å². The summed E-state index contributed by atoms with van der Waals surface area (Å²) in [6.07, 6.45) is 4.68. The van der Waals surface area contributed by atoms with E-state index in [0.29, 0.717) is 23.8 Å². The van der Waals surface area contributed by atoms with Crippen LogP contribution in [0.5, 0.6) is 0 Å². The minimum absolute atomic E-state index is 0.176. The van der Waals surface area contributed by atoms with E-state index in [1.807, 2.05) is 12.3 Å². The van der Waals surface area contributed by atoms with Crippen molar-refractivity contribution < 1.29 is 9.53 Å². The Hall–Kier alpha value is -1.46. The van der Waals surface area contributed by atoms with Gasteiger partial charge in [0.05, 0.1) is 13.2 Å². The quantitative estimate of drug-likeness (QED) is 0.845. The second-order valence-electron chi connectivity index (χ2n) is 7.17. The number of hydrogen-bond donors (Lipinski definition) is 0. The van der Waals surface area contributed by atoms with Crippen molar-refractivity contribution in [3.8, 4) is 0 Å². The molecule has 3 heterocycles. The van der Waals surface area contributed by atoms with Crippen LogP contribution in [-0.2, 0) is 9.53 Å². The highest BCUT2D eigenvalue weighted by Gasteiger charge is 2.48. The second kappa shape index (κ2) is 6.21. The third kappa shape index (κ3) is 3.00. The zero-order valence-electron chi connectivity index (χ0n) is 13.7. The first kappa shape index (κ1) is 15.1. The zero-order chi connectivity index (χ0) is 15.8.